The minimum atomic E-state index is -0.137. The highest BCUT2D eigenvalue weighted by molar-refractivity contribution is 6.08. The molecule has 0 spiro atoms. The first-order chi connectivity index (χ1) is 8.67. The van der Waals surface area contributed by atoms with Gasteiger partial charge in [0.25, 0.3) is 0 Å². The van der Waals surface area contributed by atoms with Gasteiger partial charge in [0.2, 0.25) is 5.78 Å². The second kappa shape index (κ2) is 4.76. The van der Waals surface area contributed by atoms with Gasteiger partial charge in [-0.05, 0) is 42.8 Å². The highest BCUT2D eigenvalue weighted by Crippen LogP contribution is 2.13. The van der Waals surface area contributed by atoms with Crippen LogP contribution in [0.3, 0.4) is 0 Å². The van der Waals surface area contributed by atoms with Gasteiger partial charge < -0.3 is 5.84 Å². The van der Waals surface area contributed by atoms with E-state index in [1.165, 1.54) is 4.68 Å². The van der Waals surface area contributed by atoms with Gasteiger partial charge in [-0.2, -0.15) is 5.26 Å². The van der Waals surface area contributed by atoms with Crippen molar-refractivity contribution in [2.75, 3.05) is 5.84 Å². The first-order valence-corrected chi connectivity index (χ1v) is 5.68. The number of rotatable bonds is 3. The van der Waals surface area contributed by atoms with E-state index in [1.807, 2.05) is 19.1 Å². The lowest BCUT2D eigenvalue weighted by Gasteiger charge is -2.05. The number of aromatic nitrogens is 1. The van der Waals surface area contributed by atoms with Crippen LogP contribution in [0, 0.1) is 11.3 Å². The van der Waals surface area contributed by atoms with Crippen LogP contribution >= 0.6 is 0 Å². The van der Waals surface area contributed by atoms with Crippen molar-refractivity contribution in [1.82, 2.24) is 4.68 Å². The van der Waals surface area contributed by atoms with Crippen LogP contribution in [0.1, 0.15) is 34.2 Å². The Kier molecular flexibility index (Phi) is 3.16. The zero-order valence-corrected chi connectivity index (χ0v) is 10.1. The van der Waals surface area contributed by atoms with Gasteiger partial charge in [-0.15, -0.1) is 0 Å². The van der Waals surface area contributed by atoms with Crippen molar-refractivity contribution in [3.8, 4) is 6.07 Å². The SMILES string of the molecule is CCc1ccc(C(=O)c2ccc(C#N)cc2)n1N. The van der Waals surface area contributed by atoms with Gasteiger partial charge in [-0.3, -0.25) is 9.47 Å². The topological polar surface area (TPSA) is 71.8 Å². The molecule has 2 rings (SSSR count). The number of hydrogen-bond acceptors (Lipinski definition) is 3. The third-order valence-corrected chi connectivity index (χ3v) is 2.87. The minimum Gasteiger partial charge on any atom is -0.339 e. The van der Waals surface area contributed by atoms with E-state index < -0.39 is 0 Å². The standard InChI is InChI=1S/C14H13N3O/c1-2-12-7-8-13(17(12)16)14(18)11-5-3-10(9-15)4-6-11/h3-8H,2,16H2,1H3. The number of nitriles is 1. The van der Waals surface area contributed by atoms with Crippen LogP contribution in [0.4, 0.5) is 0 Å². The van der Waals surface area contributed by atoms with E-state index in [2.05, 4.69) is 0 Å². The first kappa shape index (κ1) is 11.9. The van der Waals surface area contributed by atoms with E-state index in [4.69, 9.17) is 11.1 Å². The Morgan fingerprint density at radius 1 is 1.28 bits per heavy atom. The summed E-state index contributed by atoms with van der Waals surface area (Å²) in [7, 11) is 0. The van der Waals surface area contributed by atoms with Crippen LogP contribution in [0.2, 0.25) is 0 Å². The summed E-state index contributed by atoms with van der Waals surface area (Å²) in [6.07, 6.45) is 0.775. The van der Waals surface area contributed by atoms with E-state index in [0.717, 1.165) is 12.1 Å². The van der Waals surface area contributed by atoms with Crippen molar-refractivity contribution in [3.05, 3.63) is 58.9 Å². The molecule has 0 atom stereocenters. The van der Waals surface area contributed by atoms with E-state index in [0.29, 0.717) is 16.8 Å². The molecule has 2 N–H and O–H groups in total. The quantitative estimate of drug-likeness (QED) is 0.656. The normalized spacial score (nSPS) is 10.0. The van der Waals surface area contributed by atoms with E-state index in [9.17, 15) is 4.79 Å². The molecular formula is C14H13N3O. The Morgan fingerprint density at radius 2 is 1.94 bits per heavy atom. The van der Waals surface area contributed by atoms with Crippen LogP contribution in [0.15, 0.2) is 36.4 Å². The monoisotopic (exact) mass is 239 g/mol. The Balaban J connectivity index is 2.35. The second-order valence-electron chi connectivity index (χ2n) is 3.95. The predicted molar refractivity (Wildman–Crippen MR) is 68.5 cm³/mol. The number of carbonyl (C=O) groups is 1. The second-order valence-corrected chi connectivity index (χ2v) is 3.95. The molecule has 0 radical (unpaired) electrons. The van der Waals surface area contributed by atoms with E-state index >= 15 is 0 Å². The van der Waals surface area contributed by atoms with Crippen LogP contribution in [0.25, 0.3) is 0 Å². The molecule has 1 aromatic carbocycles. The van der Waals surface area contributed by atoms with Crippen LogP contribution < -0.4 is 5.84 Å². The number of nitrogens with two attached hydrogens (primary N) is 1. The maximum absolute atomic E-state index is 12.2. The first-order valence-electron chi connectivity index (χ1n) is 5.68. The Hall–Kier alpha value is -2.54. The number of nitrogen functional groups attached to an aromatic ring is 1. The Labute approximate surface area is 105 Å². The number of nitrogens with zero attached hydrogens (tertiary/aromatic N) is 2. The summed E-state index contributed by atoms with van der Waals surface area (Å²) in [5, 5.41) is 8.70. The van der Waals surface area contributed by atoms with Gasteiger partial charge in [0.15, 0.2) is 0 Å². The number of hydrogen-bond donors (Lipinski definition) is 1. The average molecular weight is 239 g/mol. The van der Waals surface area contributed by atoms with Gasteiger partial charge in [0.05, 0.1) is 11.6 Å². The number of carbonyl (C=O) groups excluding carboxylic acids is 1. The van der Waals surface area contributed by atoms with Crippen LogP contribution in [-0.2, 0) is 6.42 Å². The van der Waals surface area contributed by atoms with Crippen LogP contribution in [0.5, 0.6) is 0 Å². The largest absolute Gasteiger partial charge is 0.339 e. The number of benzene rings is 1. The van der Waals surface area contributed by atoms with Crippen LogP contribution in [-0.4, -0.2) is 10.5 Å². The fourth-order valence-corrected chi connectivity index (χ4v) is 1.81. The van der Waals surface area contributed by atoms with Crippen molar-refractivity contribution >= 4 is 5.78 Å². The molecule has 0 aliphatic carbocycles. The van der Waals surface area contributed by atoms with E-state index in [1.54, 1.807) is 30.3 Å². The molecule has 0 unspecified atom stereocenters. The fraction of sp³-hybridized carbons (Fsp3) is 0.143. The summed E-state index contributed by atoms with van der Waals surface area (Å²) in [5.41, 5.74) is 2.42. The van der Waals surface area contributed by atoms with Gasteiger partial charge in [-0.25, -0.2) is 0 Å². The lowest BCUT2D eigenvalue weighted by Crippen LogP contribution is -2.19. The molecule has 0 saturated carbocycles. The molecule has 0 aliphatic rings. The summed E-state index contributed by atoms with van der Waals surface area (Å²) in [6.45, 7) is 1.98. The molecule has 0 fully saturated rings. The lowest BCUT2D eigenvalue weighted by molar-refractivity contribution is 0.103. The van der Waals surface area contributed by atoms with Crippen molar-refractivity contribution in [3.63, 3.8) is 0 Å². The van der Waals surface area contributed by atoms with Gasteiger partial charge in [0.1, 0.15) is 5.69 Å². The summed E-state index contributed by atoms with van der Waals surface area (Å²) in [5.74, 6) is 5.71. The summed E-state index contributed by atoms with van der Waals surface area (Å²) >= 11 is 0. The molecule has 90 valence electrons. The maximum atomic E-state index is 12.2. The molecule has 0 aliphatic heterocycles. The summed E-state index contributed by atoms with van der Waals surface area (Å²) < 4.78 is 1.42. The Morgan fingerprint density at radius 3 is 2.44 bits per heavy atom. The average Bonchev–Trinajstić information content (AvgIpc) is 2.79. The minimum absolute atomic E-state index is 0.137. The zero-order chi connectivity index (χ0) is 13.1. The molecule has 2 aromatic rings. The highest BCUT2D eigenvalue weighted by Gasteiger charge is 2.14. The molecule has 0 bridgehead atoms. The predicted octanol–water partition coefficient (Wildman–Crippen LogP) is 1.87. The zero-order valence-electron chi connectivity index (χ0n) is 10.1. The fourth-order valence-electron chi connectivity index (χ4n) is 1.81. The van der Waals surface area contributed by atoms with Gasteiger partial charge in [0, 0.05) is 11.3 Å². The van der Waals surface area contributed by atoms with Crippen molar-refractivity contribution < 1.29 is 4.79 Å². The number of aryl methyl sites for hydroxylation is 1. The van der Waals surface area contributed by atoms with Gasteiger partial charge in [-0.1, -0.05) is 6.92 Å². The molecule has 4 heteroatoms. The van der Waals surface area contributed by atoms with Crippen molar-refractivity contribution in [2.45, 2.75) is 13.3 Å². The molecule has 1 aromatic heterocycles. The summed E-state index contributed by atoms with van der Waals surface area (Å²) in [4.78, 5) is 12.2. The lowest BCUT2D eigenvalue weighted by atomic mass is 10.1. The summed E-state index contributed by atoms with van der Waals surface area (Å²) in [6, 6.07) is 12.1. The highest BCUT2D eigenvalue weighted by atomic mass is 16.1. The molecule has 18 heavy (non-hydrogen) atoms. The molecular weight excluding hydrogens is 226 g/mol. The number of ketones is 1. The molecule has 1 heterocycles. The smallest absolute Gasteiger partial charge is 0.211 e. The van der Waals surface area contributed by atoms with E-state index in [-0.39, 0.29) is 5.78 Å². The molecule has 4 nitrogen and oxygen atoms in total. The Bertz CT molecular complexity index is 617. The van der Waals surface area contributed by atoms with Crippen molar-refractivity contribution in [1.29, 1.82) is 5.26 Å². The maximum Gasteiger partial charge on any atom is 0.211 e. The molecule has 0 saturated heterocycles. The third kappa shape index (κ3) is 1.98. The van der Waals surface area contributed by atoms with Crippen molar-refractivity contribution in [2.24, 2.45) is 0 Å². The van der Waals surface area contributed by atoms with Gasteiger partial charge >= 0.3 is 0 Å². The third-order valence-electron chi connectivity index (χ3n) is 2.87. The molecule has 0 amide bonds.